The molecule has 0 radical (unpaired) electrons. The van der Waals surface area contributed by atoms with Gasteiger partial charge in [-0.1, -0.05) is 12.8 Å². The highest BCUT2D eigenvalue weighted by atomic mass is 35.5. The first-order valence-corrected chi connectivity index (χ1v) is 9.60. The summed E-state index contributed by atoms with van der Waals surface area (Å²) in [7, 11) is 0. The quantitative estimate of drug-likeness (QED) is 0.813. The van der Waals surface area contributed by atoms with Crippen LogP contribution in [0.1, 0.15) is 25.7 Å². The van der Waals surface area contributed by atoms with E-state index < -0.39 is 5.54 Å². The minimum Gasteiger partial charge on any atom is -0.378 e. The van der Waals surface area contributed by atoms with Gasteiger partial charge in [0.1, 0.15) is 6.54 Å². The number of fused-ring (bicyclic) bond motifs is 1. The molecule has 2 aliphatic rings. The second kappa shape index (κ2) is 8.51. The van der Waals surface area contributed by atoms with Crippen LogP contribution in [0.25, 0.3) is 10.9 Å². The molecule has 1 aliphatic heterocycles. The van der Waals surface area contributed by atoms with E-state index in [0.717, 1.165) is 42.3 Å². The molecule has 2 amide bonds. The Hall–Kier alpha value is -2.09. The number of carbonyl (C=O) groups is 2. The molecule has 2 heterocycles. The van der Waals surface area contributed by atoms with Gasteiger partial charge in [-0.05, 0) is 37.1 Å². The van der Waals surface area contributed by atoms with Crippen LogP contribution in [0, 0.1) is 0 Å². The zero-order chi connectivity index (χ0) is 18.9. The number of carbonyl (C=O) groups excluding carboxylic acids is 2. The van der Waals surface area contributed by atoms with E-state index in [-0.39, 0.29) is 24.2 Å². The Morgan fingerprint density at radius 2 is 1.86 bits per heavy atom. The monoisotopic (exact) mass is 406 g/mol. The molecule has 0 unspecified atom stereocenters. The Labute approximate surface area is 170 Å². The third-order valence-corrected chi connectivity index (χ3v) is 5.65. The summed E-state index contributed by atoms with van der Waals surface area (Å²) in [5.74, 6) is -0.0132. The molecule has 1 saturated carbocycles. The predicted molar refractivity (Wildman–Crippen MR) is 111 cm³/mol. The van der Waals surface area contributed by atoms with E-state index >= 15 is 0 Å². The molecule has 1 aromatic carbocycles. The molecule has 7 nitrogen and oxygen atoms in total. The fourth-order valence-electron chi connectivity index (χ4n) is 3.96. The van der Waals surface area contributed by atoms with E-state index in [1.807, 2.05) is 39.9 Å². The van der Waals surface area contributed by atoms with Gasteiger partial charge < -0.3 is 25.3 Å². The van der Waals surface area contributed by atoms with Gasteiger partial charge in [0.2, 0.25) is 11.8 Å². The molecule has 3 N–H and O–H groups in total. The molecule has 0 bridgehead atoms. The maximum absolute atomic E-state index is 12.5. The van der Waals surface area contributed by atoms with Crippen LogP contribution in [0.3, 0.4) is 0 Å². The van der Waals surface area contributed by atoms with Crippen molar-refractivity contribution >= 4 is 40.8 Å². The number of amides is 2. The number of anilines is 1. The molecule has 1 aliphatic carbocycles. The fraction of sp³-hybridized carbons (Fsp3) is 0.500. The number of nitrogens with one attached hydrogen (secondary N) is 1. The van der Waals surface area contributed by atoms with Crippen LogP contribution < -0.4 is 11.1 Å². The lowest BCUT2D eigenvalue weighted by Crippen LogP contribution is -2.48. The average Bonchev–Trinajstić information content (AvgIpc) is 3.30. The van der Waals surface area contributed by atoms with Crippen LogP contribution >= 0.6 is 12.4 Å². The molecule has 28 heavy (non-hydrogen) atoms. The summed E-state index contributed by atoms with van der Waals surface area (Å²) in [6, 6.07) is 7.70. The highest BCUT2D eigenvalue weighted by molar-refractivity contribution is 5.99. The standard InChI is InChI=1S/C20H26N4O3.ClH/c21-20(6-1-2-7-20)19(26)22-16-3-4-17-15(13-16)5-8-24(17)14-18(25)23-9-11-27-12-10-23;/h3-5,8,13H,1-2,6-7,9-12,14,21H2,(H,22,26);1H. The Balaban J connectivity index is 0.00000225. The summed E-state index contributed by atoms with van der Waals surface area (Å²) in [6.45, 7) is 2.80. The van der Waals surface area contributed by atoms with E-state index in [1.165, 1.54) is 0 Å². The van der Waals surface area contributed by atoms with Gasteiger partial charge in [-0.3, -0.25) is 9.59 Å². The Bertz CT molecular complexity index is 854. The molecular formula is C20H27ClN4O3. The van der Waals surface area contributed by atoms with Crippen LogP contribution in [-0.2, 0) is 20.9 Å². The van der Waals surface area contributed by atoms with Gasteiger partial charge >= 0.3 is 0 Å². The van der Waals surface area contributed by atoms with Crippen LogP contribution in [0.4, 0.5) is 5.69 Å². The first-order chi connectivity index (χ1) is 13.0. The van der Waals surface area contributed by atoms with E-state index in [9.17, 15) is 9.59 Å². The maximum atomic E-state index is 12.5. The molecule has 0 spiro atoms. The van der Waals surface area contributed by atoms with Crippen LogP contribution in [-0.4, -0.2) is 53.1 Å². The number of morpholine rings is 1. The topological polar surface area (TPSA) is 89.6 Å². The number of rotatable bonds is 4. The summed E-state index contributed by atoms with van der Waals surface area (Å²) in [5.41, 5.74) is 7.19. The van der Waals surface area contributed by atoms with Gasteiger partial charge in [0, 0.05) is 35.9 Å². The van der Waals surface area contributed by atoms with Crippen molar-refractivity contribution in [1.82, 2.24) is 9.47 Å². The summed E-state index contributed by atoms with van der Waals surface area (Å²) >= 11 is 0. The second-order valence-electron chi connectivity index (χ2n) is 7.53. The van der Waals surface area contributed by atoms with Crippen LogP contribution in [0.2, 0.25) is 0 Å². The largest absolute Gasteiger partial charge is 0.378 e. The number of halogens is 1. The van der Waals surface area contributed by atoms with Gasteiger partial charge in [-0.25, -0.2) is 0 Å². The molecule has 152 valence electrons. The van der Waals surface area contributed by atoms with Gasteiger partial charge in [0.05, 0.1) is 18.8 Å². The van der Waals surface area contributed by atoms with E-state index in [4.69, 9.17) is 10.5 Å². The Morgan fingerprint density at radius 1 is 1.14 bits per heavy atom. The molecular weight excluding hydrogens is 380 g/mol. The Kier molecular flexibility index (Phi) is 6.27. The maximum Gasteiger partial charge on any atom is 0.244 e. The minimum atomic E-state index is -0.745. The third kappa shape index (κ3) is 4.16. The van der Waals surface area contributed by atoms with Crippen molar-refractivity contribution in [2.75, 3.05) is 31.6 Å². The van der Waals surface area contributed by atoms with Crippen molar-refractivity contribution in [3.05, 3.63) is 30.5 Å². The van der Waals surface area contributed by atoms with Gasteiger partial charge in [0.15, 0.2) is 0 Å². The van der Waals surface area contributed by atoms with Gasteiger partial charge in [-0.15, -0.1) is 12.4 Å². The van der Waals surface area contributed by atoms with Crippen LogP contribution in [0.5, 0.6) is 0 Å². The number of ether oxygens (including phenoxy) is 1. The molecule has 1 saturated heterocycles. The summed E-state index contributed by atoms with van der Waals surface area (Å²) in [4.78, 5) is 26.8. The summed E-state index contributed by atoms with van der Waals surface area (Å²) in [6.07, 6.45) is 5.39. The number of nitrogens with zero attached hydrogens (tertiary/aromatic N) is 2. The number of benzene rings is 1. The second-order valence-corrected chi connectivity index (χ2v) is 7.53. The number of nitrogens with two attached hydrogens (primary N) is 1. The van der Waals surface area contributed by atoms with E-state index in [2.05, 4.69) is 5.32 Å². The first-order valence-electron chi connectivity index (χ1n) is 9.60. The van der Waals surface area contributed by atoms with Gasteiger partial charge in [-0.2, -0.15) is 0 Å². The minimum absolute atomic E-state index is 0. The zero-order valence-electron chi connectivity index (χ0n) is 15.9. The lowest BCUT2D eigenvalue weighted by Gasteiger charge is -2.27. The zero-order valence-corrected chi connectivity index (χ0v) is 16.7. The fourth-order valence-corrected chi connectivity index (χ4v) is 3.96. The van der Waals surface area contributed by atoms with Crippen molar-refractivity contribution in [2.24, 2.45) is 5.73 Å². The number of hydrogen-bond donors (Lipinski definition) is 2. The molecule has 0 atom stereocenters. The molecule has 1 aromatic heterocycles. The lowest BCUT2D eigenvalue weighted by atomic mass is 9.98. The van der Waals surface area contributed by atoms with Crippen molar-refractivity contribution in [3.8, 4) is 0 Å². The highest BCUT2D eigenvalue weighted by Crippen LogP contribution is 2.29. The first kappa shape index (κ1) is 20.6. The summed E-state index contributed by atoms with van der Waals surface area (Å²) in [5, 5.41) is 3.94. The number of aromatic nitrogens is 1. The average molecular weight is 407 g/mol. The molecule has 2 fully saturated rings. The molecule has 4 rings (SSSR count). The van der Waals surface area contributed by atoms with Crippen molar-refractivity contribution < 1.29 is 14.3 Å². The highest BCUT2D eigenvalue weighted by Gasteiger charge is 2.37. The third-order valence-electron chi connectivity index (χ3n) is 5.65. The molecule has 2 aromatic rings. The van der Waals surface area contributed by atoms with Crippen molar-refractivity contribution in [3.63, 3.8) is 0 Å². The lowest BCUT2D eigenvalue weighted by molar-refractivity contribution is -0.135. The van der Waals surface area contributed by atoms with E-state index in [1.54, 1.807) is 0 Å². The predicted octanol–water partition coefficient (Wildman–Crippen LogP) is 2.13. The van der Waals surface area contributed by atoms with E-state index in [0.29, 0.717) is 32.8 Å². The van der Waals surface area contributed by atoms with Crippen LogP contribution in [0.15, 0.2) is 30.5 Å². The van der Waals surface area contributed by atoms with Crippen molar-refractivity contribution in [1.29, 1.82) is 0 Å². The Morgan fingerprint density at radius 3 is 2.57 bits per heavy atom. The normalized spacial score (nSPS) is 18.7. The molecule has 8 heteroatoms. The smallest absolute Gasteiger partial charge is 0.244 e. The van der Waals surface area contributed by atoms with Crippen molar-refractivity contribution in [2.45, 2.75) is 37.8 Å². The summed E-state index contributed by atoms with van der Waals surface area (Å²) < 4.78 is 7.24. The van der Waals surface area contributed by atoms with Gasteiger partial charge in [0.25, 0.3) is 0 Å². The SMILES string of the molecule is Cl.NC1(C(=O)Nc2ccc3c(ccn3CC(=O)N3CCOCC3)c2)CCCC1. The number of hydrogen-bond acceptors (Lipinski definition) is 4.